The van der Waals surface area contributed by atoms with Gasteiger partial charge in [0.2, 0.25) is 0 Å². The number of carbonyl (C=O) groups is 1. The minimum atomic E-state index is -0.597. The van der Waals surface area contributed by atoms with E-state index in [0.29, 0.717) is 17.3 Å². The molecule has 4 aromatic rings. The predicted molar refractivity (Wildman–Crippen MR) is 139 cm³/mol. The van der Waals surface area contributed by atoms with E-state index in [4.69, 9.17) is 9.84 Å². The molecule has 1 fully saturated rings. The quantitative estimate of drug-likeness (QED) is 0.315. The topological polar surface area (TPSA) is 68.2 Å². The number of rotatable bonds is 6. The molecule has 1 aromatic heterocycles. The third-order valence-electron chi connectivity index (χ3n) is 5.86. The molecule has 2 N–H and O–H groups in total. The maximum Gasteiger partial charge on any atom is 0.324 e. The van der Waals surface area contributed by atoms with Crippen LogP contribution in [0.25, 0.3) is 5.69 Å². The number of benzene rings is 3. The fourth-order valence-corrected chi connectivity index (χ4v) is 4.87. The zero-order chi connectivity index (χ0) is 24.4. The van der Waals surface area contributed by atoms with Crippen molar-refractivity contribution in [1.29, 1.82) is 0 Å². The Bertz CT molecular complexity index is 1350. The smallest absolute Gasteiger partial charge is 0.324 e. The van der Waals surface area contributed by atoms with Gasteiger partial charge in [-0.2, -0.15) is 16.9 Å². The Balaban J connectivity index is 1.34. The zero-order valence-electron chi connectivity index (χ0n) is 19.4. The maximum absolute atomic E-state index is 14.7. The number of halogens is 1. The normalized spacial score (nSPS) is 14.1. The summed E-state index contributed by atoms with van der Waals surface area (Å²) in [7, 11) is 0. The van der Waals surface area contributed by atoms with E-state index in [0.717, 1.165) is 28.5 Å². The third-order valence-corrected chi connectivity index (χ3v) is 7.54. The first-order chi connectivity index (χ1) is 16.9. The summed E-state index contributed by atoms with van der Waals surface area (Å²) in [5, 5.41) is 10.2. The number of ether oxygens (including phenoxy) is 1. The van der Waals surface area contributed by atoms with Gasteiger partial charge in [0.1, 0.15) is 23.1 Å². The number of para-hydroxylation sites is 1. The van der Waals surface area contributed by atoms with Gasteiger partial charge >= 0.3 is 6.03 Å². The molecular formula is C27H25FN4O2S. The van der Waals surface area contributed by atoms with Crippen molar-refractivity contribution in [2.75, 3.05) is 22.1 Å². The van der Waals surface area contributed by atoms with E-state index in [-0.39, 0.29) is 11.1 Å². The van der Waals surface area contributed by atoms with E-state index >= 15 is 0 Å². The standard InChI is InChI=1S/C27H25FN4O2S/c1-18-8-10-19(11-9-18)32-25(15-24(31-32)27(2)16-35-17-27)30-26(33)29-23-13-12-21(14-22(23)28)34-20-6-4-3-5-7-20/h3-15H,16-17H2,1-2H3,(H2,29,30,33). The highest BCUT2D eigenvalue weighted by molar-refractivity contribution is 8.00. The lowest BCUT2D eigenvalue weighted by molar-refractivity contribution is 0.262. The molecule has 8 heteroatoms. The summed E-state index contributed by atoms with van der Waals surface area (Å²) in [6.45, 7) is 4.19. The minimum absolute atomic E-state index is 0.0335. The van der Waals surface area contributed by atoms with Crippen LogP contribution >= 0.6 is 11.8 Å². The summed E-state index contributed by atoms with van der Waals surface area (Å²) in [4.78, 5) is 12.8. The first kappa shape index (κ1) is 23.0. The van der Waals surface area contributed by atoms with Crippen molar-refractivity contribution in [3.63, 3.8) is 0 Å². The lowest BCUT2D eigenvalue weighted by Gasteiger charge is -2.35. The Labute approximate surface area is 207 Å². The molecule has 0 bridgehead atoms. The van der Waals surface area contributed by atoms with Crippen molar-refractivity contribution in [3.05, 3.63) is 95.9 Å². The lowest BCUT2D eigenvalue weighted by Crippen LogP contribution is -2.37. The molecule has 0 radical (unpaired) electrons. The number of urea groups is 1. The third kappa shape index (κ3) is 5.02. The number of aromatic nitrogens is 2. The molecule has 0 atom stereocenters. The average Bonchev–Trinajstić information content (AvgIpc) is 3.24. The van der Waals surface area contributed by atoms with Crippen LogP contribution < -0.4 is 15.4 Å². The average molecular weight is 489 g/mol. The summed E-state index contributed by atoms with van der Waals surface area (Å²) in [5.74, 6) is 2.82. The Kier molecular flexibility index (Phi) is 6.21. The van der Waals surface area contributed by atoms with Crippen molar-refractivity contribution in [3.8, 4) is 17.2 Å². The highest BCUT2D eigenvalue weighted by atomic mass is 32.2. The van der Waals surface area contributed by atoms with E-state index in [9.17, 15) is 9.18 Å². The molecule has 178 valence electrons. The van der Waals surface area contributed by atoms with E-state index in [1.807, 2.05) is 67.2 Å². The fourth-order valence-electron chi connectivity index (χ4n) is 3.76. The molecule has 6 nitrogen and oxygen atoms in total. The molecule has 0 saturated carbocycles. The van der Waals surface area contributed by atoms with Crippen molar-refractivity contribution in [2.45, 2.75) is 19.3 Å². The SMILES string of the molecule is Cc1ccc(-n2nc(C3(C)CSC3)cc2NC(=O)Nc2ccc(Oc3ccccc3)cc2F)cc1. The molecule has 3 aromatic carbocycles. The van der Waals surface area contributed by atoms with Crippen LogP contribution in [0.5, 0.6) is 11.5 Å². The Morgan fingerprint density at radius 1 is 1.00 bits per heavy atom. The second-order valence-electron chi connectivity index (χ2n) is 8.85. The van der Waals surface area contributed by atoms with Gasteiger partial charge in [-0.15, -0.1) is 0 Å². The van der Waals surface area contributed by atoms with E-state index < -0.39 is 11.8 Å². The van der Waals surface area contributed by atoms with Gasteiger partial charge in [-0.05, 0) is 43.3 Å². The fraction of sp³-hybridized carbons (Fsp3) is 0.185. The van der Waals surface area contributed by atoms with E-state index in [2.05, 4.69) is 17.6 Å². The number of amides is 2. The van der Waals surface area contributed by atoms with Crippen LogP contribution in [0, 0.1) is 12.7 Å². The summed E-state index contributed by atoms with van der Waals surface area (Å²) >= 11 is 1.87. The zero-order valence-corrected chi connectivity index (χ0v) is 20.2. The molecule has 1 aliphatic heterocycles. The van der Waals surface area contributed by atoms with Gasteiger partial charge in [-0.1, -0.05) is 42.8 Å². The van der Waals surface area contributed by atoms with E-state index in [1.54, 1.807) is 22.9 Å². The number of nitrogens with zero attached hydrogens (tertiary/aromatic N) is 2. The molecule has 0 spiro atoms. The largest absolute Gasteiger partial charge is 0.457 e. The van der Waals surface area contributed by atoms with Crippen molar-refractivity contribution >= 4 is 29.3 Å². The monoisotopic (exact) mass is 488 g/mol. The summed E-state index contributed by atoms with van der Waals surface area (Å²) in [5.41, 5.74) is 2.90. The summed E-state index contributed by atoms with van der Waals surface area (Å²) in [6, 6.07) is 22.7. The molecule has 1 saturated heterocycles. The van der Waals surface area contributed by atoms with Crippen LogP contribution in [0.3, 0.4) is 0 Å². The second kappa shape index (κ2) is 9.46. The molecule has 2 heterocycles. The van der Waals surface area contributed by atoms with Crippen LogP contribution in [0.1, 0.15) is 18.2 Å². The van der Waals surface area contributed by atoms with Gasteiger partial charge < -0.3 is 10.1 Å². The van der Waals surface area contributed by atoms with Gasteiger partial charge in [0.15, 0.2) is 0 Å². The number of hydrogen-bond donors (Lipinski definition) is 2. The maximum atomic E-state index is 14.7. The lowest BCUT2D eigenvalue weighted by atomic mass is 9.91. The van der Waals surface area contributed by atoms with Gasteiger partial charge in [0.25, 0.3) is 0 Å². The van der Waals surface area contributed by atoms with Gasteiger partial charge in [-0.25, -0.2) is 13.9 Å². The Morgan fingerprint density at radius 3 is 2.40 bits per heavy atom. The summed E-state index contributed by atoms with van der Waals surface area (Å²) < 4.78 is 22.1. The summed E-state index contributed by atoms with van der Waals surface area (Å²) in [6.07, 6.45) is 0. The number of hydrogen-bond acceptors (Lipinski definition) is 4. The first-order valence-electron chi connectivity index (χ1n) is 11.3. The van der Waals surface area contributed by atoms with Gasteiger partial charge in [0.05, 0.1) is 17.1 Å². The van der Waals surface area contributed by atoms with Crippen LogP contribution in [0.2, 0.25) is 0 Å². The van der Waals surface area contributed by atoms with Gasteiger partial charge in [0, 0.05) is 29.1 Å². The number of thioether (sulfide) groups is 1. The van der Waals surface area contributed by atoms with Crippen molar-refractivity contribution in [2.24, 2.45) is 0 Å². The molecule has 0 unspecified atom stereocenters. The number of carbonyl (C=O) groups excluding carboxylic acids is 1. The Morgan fingerprint density at radius 2 is 1.74 bits per heavy atom. The van der Waals surface area contributed by atoms with Crippen LogP contribution in [-0.2, 0) is 5.41 Å². The van der Waals surface area contributed by atoms with Crippen molar-refractivity contribution < 1.29 is 13.9 Å². The first-order valence-corrected chi connectivity index (χ1v) is 12.4. The van der Waals surface area contributed by atoms with E-state index in [1.165, 1.54) is 12.1 Å². The molecule has 2 amide bonds. The van der Waals surface area contributed by atoms with Crippen molar-refractivity contribution in [1.82, 2.24) is 9.78 Å². The molecule has 35 heavy (non-hydrogen) atoms. The molecule has 0 aliphatic carbocycles. The second-order valence-corrected chi connectivity index (χ2v) is 9.84. The molecule has 5 rings (SSSR count). The number of anilines is 2. The Hall–Kier alpha value is -3.78. The number of nitrogens with one attached hydrogen (secondary N) is 2. The van der Waals surface area contributed by atoms with Crippen LogP contribution in [0.4, 0.5) is 20.7 Å². The predicted octanol–water partition coefficient (Wildman–Crippen LogP) is 6.76. The highest BCUT2D eigenvalue weighted by Gasteiger charge is 2.37. The van der Waals surface area contributed by atoms with Gasteiger partial charge in [-0.3, -0.25) is 5.32 Å². The number of aryl methyl sites for hydroxylation is 1. The molecule has 1 aliphatic rings. The molecular weight excluding hydrogens is 463 g/mol. The minimum Gasteiger partial charge on any atom is -0.457 e. The van der Waals surface area contributed by atoms with Crippen LogP contribution in [0.15, 0.2) is 78.9 Å². The van der Waals surface area contributed by atoms with Crippen LogP contribution in [-0.4, -0.2) is 27.3 Å². The highest BCUT2D eigenvalue weighted by Crippen LogP contribution is 2.41.